The van der Waals surface area contributed by atoms with Crippen molar-refractivity contribution in [3.63, 3.8) is 0 Å². The molecule has 0 spiro atoms. The number of benzene rings is 3. The largest absolute Gasteiger partial charge is 0.490 e. The second kappa shape index (κ2) is 10.9. The molecule has 0 aliphatic carbocycles. The Hall–Kier alpha value is -2.68. The summed E-state index contributed by atoms with van der Waals surface area (Å²) in [5, 5.41) is 0. The predicted molar refractivity (Wildman–Crippen MR) is 121 cm³/mol. The monoisotopic (exact) mass is 408 g/mol. The van der Waals surface area contributed by atoms with Crippen LogP contribution in [0, 0.1) is 18.6 Å². The number of ether oxygens (including phenoxy) is 1. The van der Waals surface area contributed by atoms with Crippen LogP contribution in [0.2, 0.25) is 0 Å². The van der Waals surface area contributed by atoms with Crippen LogP contribution < -0.4 is 4.74 Å². The molecule has 0 saturated carbocycles. The van der Waals surface area contributed by atoms with Crippen LogP contribution in [0.15, 0.2) is 60.7 Å². The molecule has 30 heavy (non-hydrogen) atoms. The Kier molecular flexibility index (Phi) is 8.01. The van der Waals surface area contributed by atoms with Gasteiger partial charge in [-0.3, -0.25) is 0 Å². The zero-order valence-electron chi connectivity index (χ0n) is 17.9. The Morgan fingerprint density at radius 3 is 1.87 bits per heavy atom. The number of hydrogen-bond donors (Lipinski definition) is 0. The maximum absolute atomic E-state index is 14.7. The van der Waals surface area contributed by atoms with E-state index in [2.05, 4.69) is 31.2 Å². The molecule has 3 heteroatoms. The Balaban J connectivity index is 1.64. The first-order valence-electron chi connectivity index (χ1n) is 10.9. The average molecular weight is 409 g/mol. The predicted octanol–water partition coefficient (Wildman–Crippen LogP) is 8.35. The first kappa shape index (κ1) is 22.0. The van der Waals surface area contributed by atoms with Crippen molar-refractivity contribution in [2.45, 2.75) is 52.4 Å². The summed E-state index contributed by atoms with van der Waals surface area (Å²) in [6.45, 7) is 4.64. The van der Waals surface area contributed by atoms with Crippen LogP contribution in [-0.2, 0) is 0 Å². The maximum atomic E-state index is 14.7. The lowest BCUT2D eigenvalue weighted by molar-refractivity contribution is 0.285. The molecule has 3 aromatic carbocycles. The van der Waals surface area contributed by atoms with Gasteiger partial charge in [0.2, 0.25) is 5.82 Å². The summed E-state index contributed by atoms with van der Waals surface area (Å²) in [6.07, 6.45) is 6.74. The van der Waals surface area contributed by atoms with E-state index in [4.69, 9.17) is 4.74 Å². The maximum Gasteiger partial charge on any atom is 0.201 e. The Bertz CT molecular complexity index is 930. The van der Waals surface area contributed by atoms with Crippen molar-refractivity contribution in [1.29, 1.82) is 0 Å². The zero-order valence-corrected chi connectivity index (χ0v) is 17.9. The fraction of sp³-hybridized carbons (Fsp3) is 0.333. The molecule has 0 heterocycles. The average Bonchev–Trinajstić information content (AvgIpc) is 2.77. The summed E-state index contributed by atoms with van der Waals surface area (Å²) in [5.41, 5.74) is 4.22. The highest BCUT2D eigenvalue weighted by Gasteiger charge is 2.16. The molecule has 0 aliphatic rings. The third kappa shape index (κ3) is 5.69. The van der Waals surface area contributed by atoms with Gasteiger partial charge in [0.05, 0.1) is 6.61 Å². The van der Waals surface area contributed by atoms with Gasteiger partial charge >= 0.3 is 0 Å². The van der Waals surface area contributed by atoms with E-state index in [9.17, 15) is 8.78 Å². The summed E-state index contributed by atoms with van der Waals surface area (Å²) >= 11 is 0. The molecular formula is C27H30F2O. The quantitative estimate of drug-likeness (QED) is 0.306. The SMILES string of the molecule is CCCCCCCCOc1ccc(-c2ccc(-c3ccc(C)cc3)cc2)c(F)c1F. The normalized spacial score (nSPS) is 10.9. The molecule has 158 valence electrons. The summed E-state index contributed by atoms with van der Waals surface area (Å²) in [5.74, 6) is -1.79. The second-order valence-corrected chi connectivity index (χ2v) is 7.80. The van der Waals surface area contributed by atoms with Gasteiger partial charge in [-0.15, -0.1) is 0 Å². The molecule has 0 radical (unpaired) electrons. The van der Waals surface area contributed by atoms with E-state index in [0.717, 1.165) is 30.4 Å². The minimum atomic E-state index is -0.916. The van der Waals surface area contributed by atoms with Crippen molar-refractivity contribution < 1.29 is 13.5 Å². The van der Waals surface area contributed by atoms with Crippen molar-refractivity contribution in [3.05, 3.63) is 77.9 Å². The van der Waals surface area contributed by atoms with Crippen LogP contribution in [0.5, 0.6) is 5.75 Å². The highest BCUT2D eigenvalue weighted by atomic mass is 19.2. The van der Waals surface area contributed by atoms with Gasteiger partial charge < -0.3 is 4.74 Å². The summed E-state index contributed by atoms with van der Waals surface area (Å²) in [7, 11) is 0. The van der Waals surface area contributed by atoms with Gasteiger partial charge in [0.15, 0.2) is 11.6 Å². The number of hydrogen-bond acceptors (Lipinski definition) is 1. The Labute approximate surface area is 178 Å². The van der Waals surface area contributed by atoms with E-state index in [1.807, 2.05) is 31.2 Å². The molecule has 0 atom stereocenters. The van der Waals surface area contributed by atoms with E-state index in [-0.39, 0.29) is 11.3 Å². The van der Waals surface area contributed by atoms with Gasteiger partial charge in [0, 0.05) is 5.56 Å². The van der Waals surface area contributed by atoms with Crippen molar-refractivity contribution in [1.82, 2.24) is 0 Å². The third-order valence-corrected chi connectivity index (χ3v) is 5.38. The Morgan fingerprint density at radius 2 is 1.20 bits per heavy atom. The molecule has 3 aromatic rings. The summed E-state index contributed by atoms with van der Waals surface area (Å²) in [4.78, 5) is 0. The van der Waals surface area contributed by atoms with Crippen LogP contribution in [0.3, 0.4) is 0 Å². The molecule has 0 bridgehead atoms. The molecule has 1 nitrogen and oxygen atoms in total. The number of aryl methyl sites for hydroxylation is 1. The second-order valence-electron chi connectivity index (χ2n) is 7.80. The molecule has 0 fully saturated rings. The molecule has 0 aromatic heterocycles. The van der Waals surface area contributed by atoms with Gasteiger partial charge in [-0.1, -0.05) is 93.1 Å². The van der Waals surface area contributed by atoms with Crippen LogP contribution in [0.25, 0.3) is 22.3 Å². The summed E-state index contributed by atoms with van der Waals surface area (Å²) in [6, 6.07) is 18.9. The minimum Gasteiger partial charge on any atom is -0.490 e. The molecule has 0 N–H and O–H groups in total. The first-order chi connectivity index (χ1) is 14.6. The lowest BCUT2D eigenvalue weighted by Gasteiger charge is -2.11. The molecule has 0 unspecified atom stereocenters. The lowest BCUT2D eigenvalue weighted by Crippen LogP contribution is -2.01. The summed E-state index contributed by atoms with van der Waals surface area (Å²) < 4.78 is 34.7. The molecular weight excluding hydrogens is 378 g/mol. The number of rotatable bonds is 10. The van der Waals surface area contributed by atoms with Gasteiger partial charge in [-0.25, -0.2) is 4.39 Å². The highest BCUT2D eigenvalue weighted by molar-refractivity contribution is 5.71. The van der Waals surface area contributed by atoms with Crippen molar-refractivity contribution in [2.75, 3.05) is 6.61 Å². The van der Waals surface area contributed by atoms with Crippen LogP contribution >= 0.6 is 0 Å². The minimum absolute atomic E-state index is 0.0129. The fourth-order valence-corrected chi connectivity index (χ4v) is 3.52. The fourth-order valence-electron chi connectivity index (χ4n) is 3.52. The van der Waals surface area contributed by atoms with Crippen LogP contribution in [-0.4, -0.2) is 6.61 Å². The number of unbranched alkanes of at least 4 members (excludes halogenated alkanes) is 5. The van der Waals surface area contributed by atoms with Gasteiger partial charge in [-0.2, -0.15) is 4.39 Å². The van der Waals surface area contributed by atoms with Gasteiger partial charge in [0.1, 0.15) is 0 Å². The van der Waals surface area contributed by atoms with Crippen molar-refractivity contribution in [2.24, 2.45) is 0 Å². The van der Waals surface area contributed by atoms with Gasteiger partial charge in [-0.05, 0) is 42.2 Å². The third-order valence-electron chi connectivity index (χ3n) is 5.38. The van der Waals surface area contributed by atoms with E-state index in [1.165, 1.54) is 30.9 Å². The van der Waals surface area contributed by atoms with E-state index in [0.29, 0.717) is 12.2 Å². The van der Waals surface area contributed by atoms with Crippen LogP contribution in [0.1, 0.15) is 51.0 Å². The van der Waals surface area contributed by atoms with Gasteiger partial charge in [0.25, 0.3) is 0 Å². The highest BCUT2D eigenvalue weighted by Crippen LogP contribution is 2.31. The standard InChI is InChI=1S/C27H30F2O/c1-3-4-5-6-7-8-19-30-25-18-17-24(26(28)27(25)29)23-15-13-22(14-16-23)21-11-9-20(2)10-12-21/h9-18H,3-8,19H2,1-2H3. The van der Waals surface area contributed by atoms with Crippen molar-refractivity contribution >= 4 is 0 Å². The van der Waals surface area contributed by atoms with E-state index >= 15 is 0 Å². The molecule has 0 aliphatic heterocycles. The Morgan fingerprint density at radius 1 is 0.633 bits per heavy atom. The van der Waals surface area contributed by atoms with E-state index < -0.39 is 11.6 Å². The smallest absolute Gasteiger partial charge is 0.201 e. The van der Waals surface area contributed by atoms with Crippen LogP contribution in [0.4, 0.5) is 8.78 Å². The molecule has 0 saturated heterocycles. The molecule has 0 amide bonds. The van der Waals surface area contributed by atoms with E-state index in [1.54, 1.807) is 6.07 Å². The number of halogens is 2. The lowest BCUT2D eigenvalue weighted by atomic mass is 9.99. The topological polar surface area (TPSA) is 9.23 Å². The van der Waals surface area contributed by atoms with Crippen molar-refractivity contribution in [3.8, 4) is 28.0 Å². The zero-order chi connectivity index (χ0) is 21.3. The first-order valence-corrected chi connectivity index (χ1v) is 10.9. The molecule has 3 rings (SSSR count).